The third-order valence-corrected chi connectivity index (χ3v) is 5.32. The van der Waals surface area contributed by atoms with E-state index in [1.807, 2.05) is 4.90 Å². The number of carbonyl (C=O) groups is 1. The van der Waals surface area contributed by atoms with Crippen molar-refractivity contribution in [2.45, 2.75) is 19.1 Å². The van der Waals surface area contributed by atoms with E-state index in [1.54, 1.807) is 24.3 Å². The molecule has 0 aromatic heterocycles. The normalized spacial score (nSPS) is 17.8. The Labute approximate surface area is 191 Å². The molecule has 0 bridgehead atoms. The minimum absolute atomic E-state index is 0. The molecule has 164 valence electrons. The van der Waals surface area contributed by atoms with E-state index in [4.69, 9.17) is 32.7 Å². The highest BCUT2D eigenvalue weighted by Gasteiger charge is 2.26. The Morgan fingerprint density at radius 2 is 2.07 bits per heavy atom. The minimum Gasteiger partial charge on any atom is -0.490 e. The topological polar surface area (TPSA) is 59.0 Å². The Morgan fingerprint density at radius 3 is 2.80 bits per heavy atom. The Morgan fingerprint density at radius 1 is 1.33 bits per heavy atom. The molecular weight excluding hydrogens is 456 g/mol. The number of para-hydroxylation sites is 1. The molecule has 1 aliphatic heterocycles. The van der Waals surface area contributed by atoms with Crippen LogP contribution in [0, 0.1) is 5.82 Å². The van der Waals surface area contributed by atoms with E-state index in [2.05, 4.69) is 0 Å². The number of aliphatic hydroxyl groups is 1. The molecule has 1 heterocycles. The Balaban J connectivity index is 0.00000320. The lowest BCUT2D eigenvalue weighted by molar-refractivity contribution is -0.0460. The molecule has 2 unspecified atom stereocenters. The third-order valence-electron chi connectivity index (χ3n) is 4.70. The summed E-state index contributed by atoms with van der Waals surface area (Å²) in [6.45, 7) is 3.34. The molecule has 0 aliphatic carbocycles. The van der Waals surface area contributed by atoms with Crippen LogP contribution in [-0.4, -0.2) is 54.7 Å². The van der Waals surface area contributed by atoms with Crippen molar-refractivity contribution in [3.8, 4) is 5.75 Å². The zero-order chi connectivity index (χ0) is 21.0. The van der Waals surface area contributed by atoms with Gasteiger partial charge in [-0.15, -0.1) is 12.4 Å². The van der Waals surface area contributed by atoms with Gasteiger partial charge in [0.25, 0.3) is 0 Å². The van der Waals surface area contributed by atoms with Gasteiger partial charge in [0.2, 0.25) is 0 Å². The van der Waals surface area contributed by atoms with Crippen molar-refractivity contribution in [1.82, 2.24) is 4.90 Å². The summed E-state index contributed by atoms with van der Waals surface area (Å²) < 4.78 is 25.2. The molecule has 0 amide bonds. The zero-order valence-corrected chi connectivity index (χ0v) is 18.6. The molecule has 3 rings (SSSR count). The van der Waals surface area contributed by atoms with Gasteiger partial charge in [-0.25, -0.2) is 4.39 Å². The van der Waals surface area contributed by atoms with E-state index >= 15 is 0 Å². The van der Waals surface area contributed by atoms with Gasteiger partial charge >= 0.3 is 0 Å². The number of carbonyl (C=O) groups excluding carboxylic acids is 1. The fourth-order valence-corrected chi connectivity index (χ4v) is 3.77. The number of hydrogen-bond acceptors (Lipinski definition) is 5. The molecule has 1 aliphatic rings. The molecule has 5 nitrogen and oxygen atoms in total. The van der Waals surface area contributed by atoms with E-state index in [1.165, 1.54) is 19.1 Å². The Bertz CT molecular complexity index is 883. The van der Waals surface area contributed by atoms with E-state index in [9.17, 15) is 14.3 Å². The van der Waals surface area contributed by atoms with Gasteiger partial charge in [-0.05, 0) is 31.2 Å². The second-order valence-corrected chi connectivity index (χ2v) is 7.74. The molecule has 2 atom stereocenters. The van der Waals surface area contributed by atoms with Crippen molar-refractivity contribution in [3.63, 3.8) is 0 Å². The van der Waals surface area contributed by atoms with Crippen molar-refractivity contribution in [1.29, 1.82) is 0 Å². The van der Waals surface area contributed by atoms with Crippen molar-refractivity contribution in [2.75, 3.05) is 32.8 Å². The lowest BCUT2D eigenvalue weighted by Crippen LogP contribution is -2.43. The van der Waals surface area contributed by atoms with Crippen molar-refractivity contribution < 1.29 is 23.8 Å². The number of ether oxygens (including phenoxy) is 2. The molecular formula is C21H23Cl3FNO4. The number of aliphatic hydroxyl groups excluding tert-OH is 1. The first kappa shape index (κ1) is 24.9. The largest absolute Gasteiger partial charge is 0.490 e. The summed E-state index contributed by atoms with van der Waals surface area (Å²) in [5.74, 6) is -0.204. The van der Waals surface area contributed by atoms with Crippen LogP contribution >= 0.6 is 35.6 Å². The Hall–Kier alpha value is -1.41. The molecule has 1 saturated heterocycles. The van der Waals surface area contributed by atoms with E-state index in [-0.39, 0.29) is 29.8 Å². The number of Topliss-reactive ketones (excluding diaryl/α,β-unsaturated/α-hetero) is 1. The average molecular weight is 479 g/mol. The number of benzene rings is 2. The summed E-state index contributed by atoms with van der Waals surface area (Å²) in [7, 11) is 0. The number of ketones is 1. The lowest BCUT2D eigenvalue weighted by atomic mass is 10.1. The van der Waals surface area contributed by atoms with Gasteiger partial charge in [0.05, 0.1) is 23.3 Å². The highest BCUT2D eigenvalue weighted by molar-refractivity contribution is 6.35. The van der Waals surface area contributed by atoms with Crippen LogP contribution in [0.5, 0.6) is 5.75 Å². The van der Waals surface area contributed by atoms with Crippen LogP contribution in [-0.2, 0) is 4.74 Å². The quantitative estimate of drug-likeness (QED) is 0.467. The van der Waals surface area contributed by atoms with Crippen LogP contribution in [0.2, 0.25) is 10.0 Å². The predicted molar refractivity (Wildman–Crippen MR) is 117 cm³/mol. The molecule has 30 heavy (non-hydrogen) atoms. The number of morpholine rings is 1. The SMILES string of the molecule is CC(=O)c1ccccc1OCC(O)CN1CCOC(c2cc(F)c(Cl)cc2Cl)C1.Cl. The maximum absolute atomic E-state index is 13.8. The van der Waals surface area contributed by atoms with Gasteiger partial charge < -0.3 is 14.6 Å². The van der Waals surface area contributed by atoms with Crippen molar-refractivity contribution in [3.05, 3.63) is 63.4 Å². The molecule has 0 spiro atoms. The van der Waals surface area contributed by atoms with Gasteiger partial charge in [-0.1, -0.05) is 35.3 Å². The highest BCUT2D eigenvalue weighted by atomic mass is 35.5. The van der Waals surface area contributed by atoms with Crippen LogP contribution < -0.4 is 4.74 Å². The fourth-order valence-electron chi connectivity index (χ4n) is 3.26. The maximum atomic E-state index is 13.8. The Kier molecular flexibility index (Phi) is 9.34. The molecule has 1 fully saturated rings. The maximum Gasteiger partial charge on any atom is 0.163 e. The molecule has 9 heteroatoms. The van der Waals surface area contributed by atoms with Gasteiger partial charge in [0.15, 0.2) is 5.78 Å². The first-order valence-electron chi connectivity index (χ1n) is 9.24. The van der Waals surface area contributed by atoms with E-state index in [0.29, 0.717) is 48.1 Å². The van der Waals surface area contributed by atoms with Crippen molar-refractivity contribution in [2.24, 2.45) is 0 Å². The van der Waals surface area contributed by atoms with E-state index < -0.39 is 18.0 Å². The summed E-state index contributed by atoms with van der Waals surface area (Å²) in [6, 6.07) is 9.58. The first-order chi connectivity index (χ1) is 13.8. The third kappa shape index (κ3) is 6.30. The highest BCUT2D eigenvalue weighted by Crippen LogP contribution is 2.32. The van der Waals surface area contributed by atoms with Gasteiger partial charge in [0, 0.05) is 30.2 Å². The van der Waals surface area contributed by atoms with Crippen LogP contribution in [0.25, 0.3) is 0 Å². The summed E-state index contributed by atoms with van der Waals surface area (Å²) in [5.41, 5.74) is 1.00. The summed E-state index contributed by atoms with van der Waals surface area (Å²) in [6.07, 6.45) is -1.19. The minimum atomic E-state index is -0.772. The van der Waals surface area contributed by atoms with Crippen LogP contribution in [0.4, 0.5) is 4.39 Å². The summed E-state index contributed by atoms with van der Waals surface area (Å²) in [5, 5.41) is 10.7. The van der Waals surface area contributed by atoms with Gasteiger partial charge in [-0.3, -0.25) is 9.69 Å². The predicted octanol–water partition coefficient (Wildman–Crippen LogP) is 4.57. The smallest absolute Gasteiger partial charge is 0.163 e. The average Bonchev–Trinajstić information content (AvgIpc) is 2.69. The summed E-state index contributed by atoms with van der Waals surface area (Å²) >= 11 is 12.0. The summed E-state index contributed by atoms with van der Waals surface area (Å²) in [4.78, 5) is 13.7. The monoisotopic (exact) mass is 477 g/mol. The molecule has 1 N–H and O–H groups in total. The van der Waals surface area contributed by atoms with Gasteiger partial charge in [-0.2, -0.15) is 0 Å². The first-order valence-corrected chi connectivity index (χ1v) is 10.00. The number of halogens is 4. The molecule has 2 aromatic rings. The number of hydrogen-bond donors (Lipinski definition) is 1. The number of β-amino-alcohol motifs (C(OH)–C–C–N with tert-alkyl or cyclic N) is 1. The second-order valence-electron chi connectivity index (χ2n) is 6.92. The van der Waals surface area contributed by atoms with Crippen LogP contribution in [0.3, 0.4) is 0 Å². The lowest BCUT2D eigenvalue weighted by Gasteiger charge is -2.34. The van der Waals surface area contributed by atoms with Crippen LogP contribution in [0.15, 0.2) is 36.4 Å². The standard InChI is InChI=1S/C21H22Cl2FNO4.ClH/c1-13(26)15-4-2-3-5-20(15)29-12-14(27)10-25-6-7-28-21(11-25)16-8-19(24)18(23)9-17(16)22;/h2-5,8-9,14,21,27H,6-7,10-12H2,1H3;1H. The number of rotatable bonds is 7. The second kappa shape index (κ2) is 11.3. The number of nitrogens with zero attached hydrogens (tertiary/aromatic N) is 1. The van der Waals surface area contributed by atoms with Crippen LogP contribution in [0.1, 0.15) is 28.9 Å². The van der Waals surface area contributed by atoms with Gasteiger partial charge in [0.1, 0.15) is 24.3 Å². The van der Waals surface area contributed by atoms with E-state index in [0.717, 1.165) is 0 Å². The zero-order valence-electron chi connectivity index (χ0n) is 16.3. The molecule has 2 aromatic carbocycles. The molecule has 0 saturated carbocycles. The van der Waals surface area contributed by atoms with Crippen molar-refractivity contribution >= 4 is 41.4 Å². The fraction of sp³-hybridized carbons (Fsp3) is 0.381. The molecule has 0 radical (unpaired) electrons.